The highest BCUT2D eigenvalue weighted by molar-refractivity contribution is 6.32. The van der Waals surface area contributed by atoms with E-state index in [-0.39, 0.29) is 6.10 Å². The summed E-state index contributed by atoms with van der Waals surface area (Å²) in [4.78, 5) is 0. The van der Waals surface area contributed by atoms with Crippen molar-refractivity contribution < 1.29 is 4.74 Å². The van der Waals surface area contributed by atoms with E-state index < -0.39 is 0 Å². The molecule has 2 aromatic carbocycles. The molecule has 2 rings (SSSR count). The number of hydrogen-bond donors (Lipinski definition) is 1. The largest absolute Gasteiger partial charge is 0.489 e. The van der Waals surface area contributed by atoms with Crippen molar-refractivity contribution in [3.8, 4) is 5.75 Å². The number of rotatable bonds is 5. The van der Waals surface area contributed by atoms with Crippen molar-refractivity contribution >= 4 is 23.5 Å². The summed E-state index contributed by atoms with van der Waals surface area (Å²) in [6.07, 6.45) is 1.84. The highest BCUT2D eigenvalue weighted by Crippen LogP contribution is 2.25. The van der Waals surface area contributed by atoms with Crippen molar-refractivity contribution in [2.75, 3.05) is 5.43 Å². The number of hydrogen-bond acceptors (Lipinski definition) is 3. The highest BCUT2D eigenvalue weighted by Gasteiger charge is 2.04. The zero-order valence-corrected chi connectivity index (χ0v) is 14.1. The topological polar surface area (TPSA) is 33.6 Å². The number of anilines is 1. The van der Waals surface area contributed by atoms with Crippen molar-refractivity contribution in [2.45, 2.75) is 33.8 Å². The maximum absolute atomic E-state index is 6.20. The van der Waals surface area contributed by atoms with Crippen LogP contribution in [0.3, 0.4) is 0 Å². The molecule has 0 heterocycles. The monoisotopic (exact) mass is 316 g/mol. The highest BCUT2D eigenvalue weighted by atomic mass is 35.5. The third kappa shape index (κ3) is 4.50. The van der Waals surface area contributed by atoms with Crippen molar-refractivity contribution in [2.24, 2.45) is 5.10 Å². The second kappa shape index (κ2) is 7.32. The first-order chi connectivity index (χ1) is 10.5. The molecule has 0 spiro atoms. The van der Waals surface area contributed by atoms with Gasteiger partial charge in [-0.1, -0.05) is 17.7 Å². The molecular formula is C18H21ClN2O. The van der Waals surface area contributed by atoms with E-state index in [1.165, 1.54) is 11.1 Å². The fourth-order valence-corrected chi connectivity index (χ4v) is 2.17. The van der Waals surface area contributed by atoms with Crippen molar-refractivity contribution in [1.82, 2.24) is 0 Å². The summed E-state index contributed by atoms with van der Waals surface area (Å²) >= 11 is 6.20. The molecule has 0 saturated carbocycles. The van der Waals surface area contributed by atoms with Gasteiger partial charge in [0, 0.05) is 0 Å². The van der Waals surface area contributed by atoms with Crippen LogP contribution < -0.4 is 10.2 Å². The first kappa shape index (κ1) is 16.4. The van der Waals surface area contributed by atoms with Gasteiger partial charge in [0.25, 0.3) is 0 Å². The van der Waals surface area contributed by atoms with E-state index in [1.807, 2.05) is 38.1 Å². The van der Waals surface area contributed by atoms with Crippen molar-refractivity contribution in [3.63, 3.8) is 0 Å². The number of benzene rings is 2. The lowest BCUT2D eigenvalue weighted by atomic mass is 10.1. The standard InChI is InChI=1S/C18H21ClN2O/c1-12(2)22-18-8-6-15(10-17(18)19)11-20-21-16-7-5-13(3)14(4)9-16/h5-12,21H,1-4H3/b20-11+. The number of halogens is 1. The van der Waals surface area contributed by atoms with E-state index in [1.54, 1.807) is 6.21 Å². The van der Waals surface area contributed by atoms with Gasteiger partial charge >= 0.3 is 0 Å². The molecule has 116 valence electrons. The third-order valence-electron chi connectivity index (χ3n) is 3.23. The van der Waals surface area contributed by atoms with E-state index in [2.05, 4.69) is 36.5 Å². The molecule has 0 saturated heterocycles. The van der Waals surface area contributed by atoms with E-state index in [0.717, 1.165) is 11.3 Å². The Morgan fingerprint density at radius 1 is 1.09 bits per heavy atom. The van der Waals surface area contributed by atoms with Crippen LogP contribution in [0.4, 0.5) is 5.69 Å². The summed E-state index contributed by atoms with van der Waals surface area (Å²) < 4.78 is 5.61. The average molecular weight is 317 g/mol. The molecule has 0 fully saturated rings. The Balaban J connectivity index is 2.03. The van der Waals surface area contributed by atoms with Crippen LogP contribution in [0.5, 0.6) is 5.75 Å². The van der Waals surface area contributed by atoms with Crippen molar-refractivity contribution in [1.29, 1.82) is 0 Å². The molecule has 0 aliphatic heterocycles. The average Bonchev–Trinajstić information content (AvgIpc) is 2.45. The fourth-order valence-electron chi connectivity index (χ4n) is 1.94. The second-order valence-corrected chi connectivity index (χ2v) is 5.93. The molecule has 1 N–H and O–H groups in total. The Bertz CT molecular complexity index is 681. The van der Waals surface area contributed by atoms with Crippen LogP contribution in [-0.4, -0.2) is 12.3 Å². The molecule has 0 radical (unpaired) electrons. The van der Waals surface area contributed by atoms with Crippen LogP contribution in [0.2, 0.25) is 5.02 Å². The number of ether oxygens (including phenoxy) is 1. The molecule has 0 aliphatic carbocycles. The third-order valence-corrected chi connectivity index (χ3v) is 3.53. The van der Waals surface area contributed by atoms with Gasteiger partial charge in [-0.3, -0.25) is 5.43 Å². The lowest BCUT2D eigenvalue weighted by molar-refractivity contribution is 0.242. The summed E-state index contributed by atoms with van der Waals surface area (Å²) in [5.41, 5.74) is 7.40. The zero-order chi connectivity index (χ0) is 16.1. The van der Waals surface area contributed by atoms with Crippen LogP contribution in [0, 0.1) is 13.8 Å². The van der Waals surface area contributed by atoms with E-state index in [4.69, 9.17) is 16.3 Å². The van der Waals surface area contributed by atoms with Crippen molar-refractivity contribution in [3.05, 3.63) is 58.1 Å². The molecule has 0 aliphatic rings. The summed E-state index contributed by atoms with van der Waals surface area (Å²) in [6.45, 7) is 8.11. The molecule has 0 amide bonds. The molecule has 0 atom stereocenters. The van der Waals surface area contributed by atoms with Crippen LogP contribution >= 0.6 is 11.6 Å². The van der Waals surface area contributed by atoms with Crippen LogP contribution in [-0.2, 0) is 0 Å². The zero-order valence-electron chi connectivity index (χ0n) is 13.4. The summed E-state index contributed by atoms with van der Waals surface area (Å²) in [5, 5.41) is 4.83. The predicted octanol–water partition coefficient (Wildman–Crippen LogP) is 5.19. The molecule has 4 heteroatoms. The van der Waals surface area contributed by atoms with E-state index in [9.17, 15) is 0 Å². The Morgan fingerprint density at radius 2 is 1.86 bits per heavy atom. The van der Waals surface area contributed by atoms with E-state index in [0.29, 0.717) is 10.8 Å². The first-order valence-corrected chi connectivity index (χ1v) is 7.66. The predicted molar refractivity (Wildman–Crippen MR) is 94.3 cm³/mol. The minimum Gasteiger partial charge on any atom is -0.489 e. The molecular weight excluding hydrogens is 296 g/mol. The number of nitrogens with one attached hydrogen (secondary N) is 1. The Hall–Kier alpha value is -2.00. The maximum Gasteiger partial charge on any atom is 0.138 e. The quantitative estimate of drug-likeness (QED) is 0.608. The lowest BCUT2D eigenvalue weighted by Crippen LogP contribution is -2.05. The van der Waals surface area contributed by atoms with Gasteiger partial charge in [0.05, 0.1) is 23.0 Å². The van der Waals surface area contributed by atoms with Gasteiger partial charge < -0.3 is 4.74 Å². The van der Waals surface area contributed by atoms with Gasteiger partial charge in [-0.15, -0.1) is 0 Å². The van der Waals surface area contributed by atoms with E-state index >= 15 is 0 Å². The number of hydrazone groups is 1. The van der Waals surface area contributed by atoms with Gasteiger partial charge in [-0.25, -0.2) is 0 Å². The summed E-state index contributed by atoms with van der Waals surface area (Å²) in [7, 11) is 0. The van der Waals surface area contributed by atoms with Gasteiger partial charge in [-0.05, 0) is 74.7 Å². The smallest absolute Gasteiger partial charge is 0.138 e. The molecule has 0 bridgehead atoms. The van der Waals surface area contributed by atoms with Gasteiger partial charge in [-0.2, -0.15) is 5.10 Å². The Kier molecular flexibility index (Phi) is 5.45. The number of aryl methyl sites for hydroxylation is 2. The first-order valence-electron chi connectivity index (χ1n) is 7.28. The van der Waals surface area contributed by atoms with Crippen LogP contribution in [0.1, 0.15) is 30.5 Å². The molecule has 0 unspecified atom stereocenters. The van der Waals surface area contributed by atoms with Gasteiger partial charge in [0.1, 0.15) is 5.75 Å². The molecule has 3 nitrogen and oxygen atoms in total. The SMILES string of the molecule is Cc1ccc(N/N=C/c2ccc(OC(C)C)c(Cl)c2)cc1C. The summed E-state index contributed by atoms with van der Waals surface area (Å²) in [5.74, 6) is 0.691. The van der Waals surface area contributed by atoms with Gasteiger partial charge in [0.2, 0.25) is 0 Å². The Morgan fingerprint density at radius 3 is 2.50 bits per heavy atom. The Labute approximate surface area is 137 Å². The maximum atomic E-state index is 6.20. The van der Waals surface area contributed by atoms with Crippen LogP contribution in [0.15, 0.2) is 41.5 Å². The van der Waals surface area contributed by atoms with Crippen LogP contribution in [0.25, 0.3) is 0 Å². The molecule has 22 heavy (non-hydrogen) atoms. The number of nitrogens with zero attached hydrogens (tertiary/aromatic N) is 1. The second-order valence-electron chi connectivity index (χ2n) is 5.53. The minimum absolute atomic E-state index is 0.100. The minimum atomic E-state index is 0.100. The normalized spacial score (nSPS) is 11.2. The summed E-state index contributed by atoms with van der Waals surface area (Å²) in [6, 6.07) is 11.8. The fraction of sp³-hybridized carbons (Fsp3) is 0.278. The molecule has 2 aromatic rings. The van der Waals surface area contributed by atoms with Gasteiger partial charge in [0.15, 0.2) is 0 Å². The lowest BCUT2D eigenvalue weighted by Gasteiger charge is -2.11. The molecule has 0 aromatic heterocycles.